The van der Waals surface area contributed by atoms with Crippen LogP contribution in [-0.4, -0.2) is 27.0 Å². The van der Waals surface area contributed by atoms with Gasteiger partial charge >= 0.3 is 6.03 Å². The maximum atomic E-state index is 13.1. The van der Waals surface area contributed by atoms with Gasteiger partial charge in [0.1, 0.15) is 12.1 Å². The van der Waals surface area contributed by atoms with Crippen molar-refractivity contribution >= 4 is 23.5 Å². The Bertz CT molecular complexity index is 1100. The number of imide groups is 1. The van der Waals surface area contributed by atoms with Gasteiger partial charge in [-0.2, -0.15) is 4.98 Å². The lowest BCUT2D eigenvalue weighted by Crippen LogP contribution is -2.40. The first-order chi connectivity index (χ1) is 14.4. The number of aryl methyl sites for hydroxylation is 1. The molecule has 154 valence electrons. The van der Waals surface area contributed by atoms with Crippen molar-refractivity contribution in [1.29, 1.82) is 0 Å². The zero-order valence-corrected chi connectivity index (χ0v) is 17.4. The molecule has 1 aliphatic heterocycles. The molecular weight excluding hydrogens is 404 g/mol. The Labute approximate surface area is 179 Å². The van der Waals surface area contributed by atoms with Crippen LogP contribution in [0.3, 0.4) is 0 Å². The molecule has 2 heterocycles. The van der Waals surface area contributed by atoms with Gasteiger partial charge in [-0.3, -0.25) is 9.69 Å². The van der Waals surface area contributed by atoms with Gasteiger partial charge in [0.25, 0.3) is 5.91 Å². The van der Waals surface area contributed by atoms with Crippen molar-refractivity contribution in [1.82, 2.24) is 20.4 Å². The molecule has 1 aliphatic rings. The molecule has 0 saturated carbocycles. The summed E-state index contributed by atoms with van der Waals surface area (Å²) < 4.78 is 5.26. The largest absolute Gasteiger partial charge is 0.337 e. The van der Waals surface area contributed by atoms with Crippen molar-refractivity contribution in [3.05, 3.63) is 70.6 Å². The second kappa shape index (κ2) is 7.91. The van der Waals surface area contributed by atoms with Crippen LogP contribution in [0.4, 0.5) is 4.79 Å². The minimum Gasteiger partial charge on any atom is -0.337 e. The SMILES string of the molecule is CCCc1ccc(C2(C)NC(=O)N(Cc3nc(-c4cccc(Cl)c4)no3)C2=O)cc1. The van der Waals surface area contributed by atoms with Crippen molar-refractivity contribution in [2.24, 2.45) is 0 Å². The highest BCUT2D eigenvalue weighted by atomic mass is 35.5. The Morgan fingerprint density at radius 2 is 1.93 bits per heavy atom. The van der Waals surface area contributed by atoms with Gasteiger partial charge in [0, 0.05) is 10.6 Å². The zero-order chi connectivity index (χ0) is 21.3. The summed E-state index contributed by atoms with van der Waals surface area (Å²) in [5.74, 6) is 0.142. The molecule has 0 aliphatic carbocycles. The number of hydrogen-bond acceptors (Lipinski definition) is 5. The van der Waals surface area contributed by atoms with Gasteiger partial charge in [-0.15, -0.1) is 0 Å². The average molecular weight is 425 g/mol. The first kappa shape index (κ1) is 20.1. The number of hydrogen-bond donors (Lipinski definition) is 1. The van der Waals surface area contributed by atoms with E-state index in [9.17, 15) is 9.59 Å². The highest BCUT2D eigenvalue weighted by Gasteiger charge is 2.49. The summed E-state index contributed by atoms with van der Waals surface area (Å²) in [4.78, 5) is 31.1. The van der Waals surface area contributed by atoms with Crippen LogP contribution < -0.4 is 5.32 Å². The fourth-order valence-corrected chi connectivity index (χ4v) is 3.72. The van der Waals surface area contributed by atoms with Gasteiger partial charge in [0.2, 0.25) is 11.7 Å². The number of carbonyl (C=O) groups excluding carboxylic acids is 2. The van der Waals surface area contributed by atoms with E-state index in [-0.39, 0.29) is 18.3 Å². The number of nitrogens with one attached hydrogen (secondary N) is 1. The van der Waals surface area contributed by atoms with E-state index in [1.54, 1.807) is 31.2 Å². The molecule has 7 nitrogen and oxygen atoms in total. The first-order valence-electron chi connectivity index (χ1n) is 9.73. The third-order valence-corrected chi connectivity index (χ3v) is 5.42. The van der Waals surface area contributed by atoms with E-state index in [1.165, 1.54) is 5.56 Å². The number of halogens is 1. The summed E-state index contributed by atoms with van der Waals surface area (Å²) in [7, 11) is 0. The molecule has 1 saturated heterocycles. The van der Waals surface area contributed by atoms with E-state index >= 15 is 0 Å². The molecule has 3 aromatic rings. The van der Waals surface area contributed by atoms with Gasteiger partial charge < -0.3 is 9.84 Å². The number of benzene rings is 2. The fourth-order valence-electron chi connectivity index (χ4n) is 3.53. The molecule has 8 heteroatoms. The minimum atomic E-state index is -1.14. The maximum absolute atomic E-state index is 13.1. The van der Waals surface area contributed by atoms with Crippen LogP contribution in [0, 0.1) is 0 Å². The predicted octanol–water partition coefficient (Wildman–Crippen LogP) is 4.31. The highest BCUT2D eigenvalue weighted by Crippen LogP contribution is 2.30. The molecule has 1 aromatic heterocycles. The lowest BCUT2D eigenvalue weighted by molar-refractivity contribution is -0.131. The molecule has 2 aromatic carbocycles. The number of rotatable bonds is 6. The van der Waals surface area contributed by atoms with Crippen LogP contribution in [-0.2, 0) is 23.3 Å². The van der Waals surface area contributed by atoms with Crippen LogP contribution in [0.1, 0.15) is 37.3 Å². The molecule has 1 fully saturated rings. The van der Waals surface area contributed by atoms with Crippen LogP contribution in [0.5, 0.6) is 0 Å². The quantitative estimate of drug-likeness (QED) is 0.595. The molecule has 3 amide bonds. The molecule has 1 unspecified atom stereocenters. The molecular formula is C22H21ClN4O3. The van der Waals surface area contributed by atoms with Crippen molar-refractivity contribution in [3.63, 3.8) is 0 Å². The minimum absolute atomic E-state index is 0.109. The van der Waals surface area contributed by atoms with Gasteiger partial charge in [-0.05, 0) is 36.6 Å². The Hall–Kier alpha value is -3.19. The van der Waals surface area contributed by atoms with E-state index in [0.29, 0.717) is 16.4 Å². The van der Waals surface area contributed by atoms with Crippen molar-refractivity contribution in [2.75, 3.05) is 0 Å². The number of amides is 3. The predicted molar refractivity (Wildman–Crippen MR) is 112 cm³/mol. The van der Waals surface area contributed by atoms with Crippen LogP contribution in [0.25, 0.3) is 11.4 Å². The molecule has 0 spiro atoms. The monoisotopic (exact) mass is 424 g/mol. The van der Waals surface area contributed by atoms with Gasteiger partial charge in [0.15, 0.2) is 0 Å². The summed E-state index contributed by atoms with van der Waals surface area (Å²) in [5.41, 5.74) is 1.47. The van der Waals surface area contributed by atoms with E-state index in [2.05, 4.69) is 22.4 Å². The standard InChI is InChI=1S/C22H21ClN4O3/c1-3-5-14-8-10-16(11-9-14)22(2)20(28)27(21(29)25-22)13-18-24-19(26-30-18)15-6-4-7-17(23)12-15/h4,6-12H,3,5,13H2,1-2H3,(H,25,29). The van der Waals surface area contributed by atoms with Crippen molar-refractivity contribution < 1.29 is 14.1 Å². The summed E-state index contributed by atoms with van der Waals surface area (Å²) >= 11 is 6.00. The summed E-state index contributed by atoms with van der Waals surface area (Å²) in [6, 6.07) is 14.3. The third-order valence-electron chi connectivity index (χ3n) is 5.19. The summed E-state index contributed by atoms with van der Waals surface area (Å²) in [6.07, 6.45) is 2.01. The van der Waals surface area contributed by atoms with Crippen LogP contribution in [0.2, 0.25) is 5.02 Å². The third kappa shape index (κ3) is 3.68. The first-order valence-corrected chi connectivity index (χ1v) is 10.1. The van der Waals surface area contributed by atoms with Crippen LogP contribution in [0.15, 0.2) is 53.1 Å². The number of urea groups is 1. The fraction of sp³-hybridized carbons (Fsp3) is 0.273. The molecule has 1 atom stereocenters. The summed E-state index contributed by atoms with van der Waals surface area (Å²) in [6.45, 7) is 3.71. The van der Waals surface area contributed by atoms with Crippen molar-refractivity contribution in [2.45, 2.75) is 38.8 Å². The topological polar surface area (TPSA) is 88.3 Å². The Kier molecular flexibility index (Phi) is 5.30. The van der Waals surface area contributed by atoms with Gasteiger partial charge in [-0.25, -0.2) is 4.79 Å². The zero-order valence-electron chi connectivity index (χ0n) is 16.7. The summed E-state index contributed by atoms with van der Waals surface area (Å²) in [5, 5.41) is 7.27. The van der Waals surface area contributed by atoms with E-state index in [0.717, 1.165) is 23.3 Å². The lowest BCUT2D eigenvalue weighted by atomic mass is 9.91. The van der Waals surface area contributed by atoms with E-state index in [1.807, 2.05) is 24.3 Å². The van der Waals surface area contributed by atoms with Crippen molar-refractivity contribution in [3.8, 4) is 11.4 Å². The molecule has 0 bridgehead atoms. The van der Waals surface area contributed by atoms with Crippen LogP contribution >= 0.6 is 11.6 Å². The Morgan fingerprint density at radius 3 is 2.63 bits per heavy atom. The van der Waals surface area contributed by atoms with E-state index < -0.39 is 11.6 Å². The Balaban J connectivity index is 1.53. The normalized spacial score (nSPS) is 18.7. The smallest absolute Gasteiger partial charge is 0.325 e. The number of aromatic nitrogens is 2. The molecule has 1 N–H and O–H groups in total. The Morgan fingerprint density at radius 1 is 1.17 bits per heavy atom. The number of carbonyl (C=O) groups is 2. The maximum Gasteiger partial charge on any atom is 0.325 e. The highest BCUT2D eigenvalue weighted by molar-refractivity contribution is 6.30. The molecule has 0 radical (unpaired) electrons. The second-order valence-corrected chi connectivity index (χ2v) is 7.85. The molecule has 4 rings (SSSR count). The van der Waals surface area contributed by atoms with E-state index in [4.69, 9.17) is 16.1 Å². The molecule has 30 heavy (non-hydrogen) atoms. The van der Waals surface area contributed by atoms with Gasteiger partial charge in [0.05, 0.1) is 0 Å². The second-order valence-electron chi connectivity index (χ2n) is 7.42. The lowest BCUT2D eigenvalue weighted by Gasteiger charge is -2.22. The average Bonchev–Trinajstić information content (AvgIpc) is 3.28. The van der Waals surface area contributed by atoms with Gasteiger partial charge in [-0.1, -0.05) is 66.5 Å². The number of nitrogens with zero attached hydrogens (tertiary/aromatic N) is 3.